The van der Waals surface area contributed by atoms with Crippen LogP contribution in [0.25, 0.3) is 11.5 Å². The molecule has 0 aliphatic rings. The zero-order valence-electron chi connectivity index (χ0n) is 10.7. The maximum absolute atomic E-state index is 6.12. The number of hydrogen-bond acceptors (Lipinski definition) is 6. The van der Waals surface area contributed by atoms with Gasteiger partial charge in [-0.1, -0.05) is 35.5 Å². The lowest BCUT2D eigenvalue weighted by Gasteiger charge is -2.08. The van der Waals surface area contributed by atoms with Crippen molar-refractivity contribution in [2.45, 2.75) is 12.5 Å². The van der Waals surface area contributed by atoms with Crippen LogP contribution in [-0.2, 0) is 6.42 Å². The first-order valence-corrected chi connectivity index (χ1v) is 6.22. The van der Waals surface area contributed by atoms with Gasteiger partial charge in [-0.15, -0.1) is 0 Å². The monoisotopic (exact) mass is 267 g/mol. The summed E-state index contributed by atoms with van der Waals surface area (Å²) in [5.41, 5.74) is 7.79. The maximum Gasteiger partial charge on any atom is 0.228 e. The average Bonchev–Trinajstić information content (AvgIpc) is 2.97. The fourth-order valence-electron chi connectivity index (χ4n) is 1.87. The van der Waals surface area contributed by atoms with Crippen LogP contribution in [0.2, 0.25) is 0 Å². The van der Waals surface area contributed by atoms with Gasteiger partial charge >= 0.3 is 0 Å². The summed E-state index contributed by atoms with van der Waals surface area (Å²) in [7, 11) is 0. The van der Waals surface area contributed by atoms with Crippen LogP contribution in [0.5, 0.6) is 0 Å². The van der Waals surface area contributed by atoms with Crippen molar-refractivity contribution in [1.82, 2.24) is 20.1 Å². The molecular formula is C14H13N5O. The van der Waals surface area contributed by atoms with Crippen LogP contribution < -0.4 is 5.73 Å². The number of rotatable bonds is 4. The SMILES string of the molecule is NC(Cc1nc(-c2ccncn2)no1)c1ccccc1. The van der Waals surface area contributed by atoms with E-state index in [-0.39, 0.29) is 6.04 Å². The van der Waals surface area contributed by atoms with Gasteiger partial charge in [-0.05, 0) is 11.6 Å². The van der Waals surface area contributed by atoms with E-state index in [1.165, 1.54) is 6.33 Å². The van der Waals surface area contributed by atoms with Crippen LogP contribution >= 0.6 is 0 Å². The standard InChI is InChI=1S/C14H13N5O/c15-11(10-4-2-1-3-5-10)8-13-18-14(19-20-13)12-6-7-16-9-17-12/h1-7,9,11H,8,15H2. The molecule has 0 fully saturated rings. The Balaban J connectivity index is 1.75. The molecule has 0 spiro atoms. The third-order valence-electron chi connectivity index (χ3n) is 2.90. The predicted octanol–water partition coefficient (Wildman–Crippen LogP) is 1.77. The van der Waals surface area contributed by atoms with Crippen LogP contribution in [0.15, 0.2) is 53.4 Å². The van der Waals surface area contributed by atoms with Crippen molar-refractivity contribution in [3.05, 3.63) is 60.4 Å². The Morgan fingerprint density at radius 2 is 2.00 bits per heavy atom. The van der Waals surface area contributed by atoms with E-state index in [0.29, 0.717) is 23.8 Å². The van der Waals surface area contributed by atoms with Gasteiger partial charge in [0, 0.05) is 18.7 Å². The number of nitrogens with zero attached hydrogens (tertiary/aromatic N) is 4. The van der Waals surface area contributed by atoms with Gasteiger partial charge in [0.1, 0.15) is 12.0 Å². The molecule has 3 rings (SSSR count). The molecule has 1 aromatic carbocycles. The number of hydrogen-bond donors (Lipinski definition) is 1. The van der Waals surface area contributed by atoms with Crippen molar-refractivity contribution in [2.75, 3.05) is 0 Å². The van der Waals surface area contributed by atoms with E-state index < -0.39 is 0 Å². The fourth-order valence-corrected chi connectivity index (χ4v) is 1.87. The third-order valence-corrected chi connectivity index (χ3v) is 2.90. The highest BCUT2D eigenvalue weighted by Crippen LogP contribution is 2.17. The Morgan fingerprint density at radius 1 is 1.15 bits per heavy atom. The third kappa shape index (κ3) is 2.70. The first kappa shape index (κ1) is 12.4. The van der Waals surface area contributed by atoms with Crippen molar-refractivity contribution in [1.29, 1.82) is 0 Å². The highest BCUT2D eigenvalue weighted by Gasteiger charge is 2.14. The van der Waals surface area contributed by atoms with E-state index in [1.807, 2.05) is 30.3 Å². The zero-order chi connectivity index (χ0) is 13.8. The molecule has 6 heteroatoms. The molecule has 0 saturated carbocycles. The highest BCUT2D eigenvalue weighted by atomic mass is 16.5. The van der Waals surface area contributed by atoms with Gasteiger partial charge in [0.05, 0.1) is 0 Å². The van der Waals surface area contributed by atoms with Gasteiger partial charge in [-0.2, -0.15) is 4.98 Å². The molecule has 100 valence electrons. The first-order valence-electron chi connectivity index (χ1n) is 6.22. The highest BCUT2D eigenvalue weighted by molar-refractivity contribution is 5.46. The van der Waals surface area contributed by atoms with Crippen molar-refractivity contribution < 1.29 is 4.52 Å². The van der Waals surface area contributed by atoms with Gasteiger partial charge in [-0.3, -0.25) is 0 Å². The molecule has 1 unspecified atom stereocenters. The largest absolute Gasteiger partial charge is 0.339 e. The molecule has 0 radical (unpaired) electrons. The Labute approximate surface area is 115 Å². The molecule has 0 bridgehead atoms. The van der Waals surface area contributed by atoms with Crippen molar-refractivity contribution >= 4 is 0 Å². The van der Waals surface area contributed by atoms with Crippen LogP contribution in [0.1, 0.15) is 17.5 Å². The summed E-state index contributed by atoms with van der Waals surface area (Å²) >= 11 is 0. The minimum absolute atomic E-state index is 0.171. The van der Waals surface area contributed by atoms with Crippen molar-refractivity contribution in [3.63, 3.8) is 0 Å². The zero-order valence-corrected chi connectivity index (χ0v) is 10.7. The van der Waals surface area contributed by atoms with Gasteiger partial charge in [0.25, 0.3) is 0 Å². The van der Waals surface area contributed by atoms with E-state index in [2.05, 4.69) is 20.1 Å². The second-order valence-corrected chi connectivity index (χ2v) is 4.33. The summed E-state index contributed by atoms with van der Waals surface area (Å²) in [6, 6.07) is 11.4. The van der Waals surface area contributed by atoms with Gasteiger partial charge in [0.15, 0.2) is 0 Å². The van der Waals surface area contributed by atoms with Crippen molar-refractivity contribution in [2.24, 2.45) is 5.73 Å². The normalized spacial score (nSPS) is 12.2. The van der Waals surface area contributed by atoms with Crippen LogP contribution in [0.4, 0.5) is 0 Å². The number of nitrogens with two attached hydrogens (primary N) is 1. The number of aromatic nitrogens is 4. The van der Waals surface area contributed by atoms with Crippen LogP contribution in [-0.4, -0.2) is 20.1 Å². The molecule has 6 nitrogen and oxygen atoms in total. The summed E-state index contributed by atoms with van der Waals surface area (Å²) in [6.07, 6.45) is 3.57. The lowest BCUT2D eigenvalue weighted by molar-refractivity contribution is 0.370. The van der Waals surface area contributed by atoms with E-state index in [0.717, 1.165) is 5.56 Å². The molecule has 2 N–H and O–H groups in total. The minimum Gasteiger partial charge on any atom is -0.339 e. The van der Waals surface area contributed by atoms with E-state index >= 15 is 0 Å². The molecule has 0 saturated heterocycles. The van der Waals surface area contributed by atoms with E-state index in [4.69, 9.17) is 10.3 Å². The number of benzene rings is 1. The Kier molecular flexibility index (Phi) is 3.47. The molecule has 2 aromatic heterocycles. The Hall–Kier alpha value is -2.60. The second kappa shape index (κ2) is 5.58. The second-order valence-electron chi connectivity index (χ2n) is 4.33. The van der Waals surface area contributed by atoms with E-state index in [1.54, 1.807) is 12.3 Å². The minimum atomic E-state index is -0.171. The molecular weight excluding hydrogens is 254 g/mol. The molecule has 3 aromatic rings. The summed E-state index contributed by atoms with van der Waals surface area (Å²) in [5, 5.41) is 3.90. The van der Waals surface area contributed by atoms with Crippen LogP contribution in [0.3, 0.4) is 0 Å². The van der Waals surface area contributed by atoms with Gasteiger partial charge < -0.3 is 10.3 Å². The predicted molar refractivity (Wildman–Crippen MR) is 72.4 cm³/mol. The van der Waals surface area contributed by atoms with Crippen molar-refractivity contribution in [3.8, 4) is 11.5 Å². The maximum atomic E-state index is 6.12. The topological polar surface area (TPSA) is 90.7 Å². The molecule has 0 aliphatic heterocycles. The van der Waals surface area contributed by atoms with Gasteiger partial charge in [0.2, 0.25) is 11.7 Å². The lowest BCUT2D eigenvalue weighted by Crippen LogP contribution is -2.13. The summed E-state index contributed by atoms with van der Waals surface area (Å²) < 4.78 is 5.21. The molecule has 0 aliphatic carbocycles. The molecule has 20 heavy (non-hydrogen) atoms. The summed E-state index contributed by atoms with van der Waals surface area (Å²) in [6.45, 7) is 0. The Morgan fingerprint density at radius 3 is 2.75 bits per heavy atom. The van der Waals surface area contributed by atoms with Crippen LogP contribution in [0, 0.1) is 0 Å². The molecule has 0 amide bonds. The average molecular weight is 267 g/mol. The molecule has 1 atom stereocenters. The summed E-state index contributed by atoms with van der Waals surface area (Å²) in [5.74, 6) is 0.942. The first-order chi connectivity index (χ1) is 9.83. The van der Waals surface area contributed by atoms with Gasteiger partial charge in [-0.25, -0.2) is 9.97 Å². The van der Waals surface area contributed by atoms with E-state index in [9.17, 15) is 0 Å². The smallest absolute Gasteiger partial charge is 0.228 e. The fraction of sp³-hybridized carbons (Fsp3) is 0.143. The quantitative estimate of drug-likeness (QED) is 0.774. The lowest BCUT2D eigenvalue weighted by atomic mass is 10.1. The Bertz CT molecular complexity index is 668. The molecule has 2 heterocycles. The summed E-state index contributed by atoms with van der Waals surface area (Å²) in [4.78, 5) is 12.2.